The molecule has 3 heteroatoms. The molecule has 0 bridgehead atoms. The third kappa shape index (κ3) is 5.30. The largest absolute Gasteiger partial charge is 0.309 e. The highest BCUT2D eigenvalue weighted by molar-refractivity contribution is 5.19. The van der Waals surface area contributed by atoms with Gasteiger partial charge in [0, 0.05) is 38.6 Å². The summed E-state index contributed by atoms with van der Waals surface area (Å²) in [4.78, 5) is 4.36. The Bertz CT molecular complexity index is 666. The third-order valence-corrected chi connectivity index (χ3v) is 3.85. The molecule has 24 heavy (non-hydrogen) atoms. The first-order valence-electron chi connectivity index (χ1n) is 8.32. The number of hydrogen-bond donors (Lipinski definition) is 2. The molecule has 0 aliphatic carbocycles. The van der Waals surface area contributed by atoms with E-state index in [1.807, 2.05) is 24.5 Å². The van der Waals surface area contributed by atoms with Gasteiger partial charge in [0.1, 0.15) is 0 Å². The molecule has 0 amide bonds. The summed E-state index contributed by atoms with van der Waals surface area (Å²) < 4.78 is 0. The molecule has 0 spiro atoms. The van der Waals surface area contributed by atoms with Crippen LogP contribution in [0.1, 0.15) is 22.3 Å². The van der Waals surface area contributed by atoms with Gasteiger partial charge in [-0.15, -0.1) is 0 Å². The predicted octanol–water partition coefficient (Wildman–Crippen LogP) is 3.66. The van der Waals surface area contributed by atoms with Crippen molar-refractivity contribution in [2.75, 3.05) is 0 Å². The molecule has 0 unspecified atom stereocenters. The molecular weight excluding hydrogens is 294 g/mol. The fourth-order valence-corrected chi connectivity index (χ4v) is 2.63. The van der Waals surface area contributed by atoms with Gasteiger partial charge in [0.15, 0.2) is 0 Å². The second-order valence-corrected chi connectivity index (χ2v) is 5.88. The van der Waals surface area contributed by atoms with Gasteiger partial charge in [-0.3, -0.25) is 4.98 Å². The molecule has 2 N–H and O–H groups in total. The Balaban J connectivity index is 1.45. The van der Waals surface area contributed by atoms with Gasteiger partial charge >= 0.3 is 0 Å². The van der Waals surface area contributed by atoms with E-state index in [-0.39, 0.29) is 0 Å². The van der Waals surface area contributed by atoms with Crippen molar-refractivity contribution in [1.82, 2.24) is 15.6 Å². The van der Waals surface area contributed by atoms with Crippen LogP contribution >= 0.6 is 0 Å². The van der Waals surface area contributed by atoms with E-state index in [4.69, 9.17) is 0 Å². The van der Waals surface area contributed by atoms with E-state index in [9.17, 15) is 0 Å². The summed E-state index contributed by atoms with van der Waals surface area (Å²) in [6, 6.07) is 23.1. The van der Waals surface area contributed by atoms with Crippen molar-refractivity contribution in [2.24, 2.45) is 0 Å². The number of pyridine rings is 1. The molecule has 122 valence electrons. The first-order chi connectivity index (χ1) is 11.9. The molecule has 3 aromatic rings. The minimum Gasteiger partial charge on any atom is -0.309 e. The molecule has 0 saturated heterocycles. The molecule has 3 rings (SSSR count). The average molecular weight is 317 g/mol. The molecule has 0 fully saturated rings. The summed E-state index contributed by atoms with van der Waals surface area (Å²) in [6.45, 7) is 3.40. The molecule has 2 aromatic carbocycles. The number of aromatic nitrogens is 1. The van der Waals surface area contributed by atoms with Crippen LogP contribution in [-0.2, 0) is 26.2 Å². The van der Waals surface area contributed by atoms with Crippen LogP contribution in [0.5, 0.6) is 0 Å². The van der Waals surface area contributed by atoms with Crippen molar-refractivity contribution in [3.05, 3.63) is 101 Å². The zero-order chi connectivity index (χ0) is 16.5. The van der Waals surface area contributed by atoms with E-state index in [0.717, 1.165) is 26.2 Å². The topological polar surface area (TPSA) is 37.0 Å². The summed E-state index contributed by atoms with van der Waals surface area (Å²) in [7, 11) is 0. The van der Waals surface area contributed by atoms with Crippen LogP contribution in [0.25, 0.3) is 0 Å². The lowest BCUT2D eigenvalue weighted by atomic mass is 10.2. The number of nitrogens with one attached hydrogen (secondary N) is 2. The fourth-order valence-electron chi connectivity index (χ4n) is 2.63. The third-order valence-electron chi connectivity index (χ3n) is 3.85. The van der Waals surface area contributed by atoms with E-state index in [0.29, 0.717) is 0 Å². The lowest BCUT2D eigenvalue weighted by Crippen LogP contribution is -2.15. The van der Waals surface area contributed by atoms with Crippen molar-refractivity contribution in [3.8, 4) is 0 Å². The maximum absolute atomic E-state index is 4.36. The number of rotatable bonds is 8. The lowest BCUT2D eigenvalue weighted by Gasteiger charge is -2.08. The Labute approximate surface area is 143 Å². The molecule has 0 aliphatic rings. The molecule has 0 radical (unpaired) electrons. The SMILES string of the molecule is c1ccc(CNCc2cncc(CNCc3ccccc3)c2)cc1. The molecule has 0 aliphatic heterocycles. The van der Waals surface area contributed by atoms with Crippen LogP contribution in [-0.4, -0.2) is 4.98 Å². The van der Waals surface area contributed by atoms with Gasteiger partial charge in [0.25, 0.3) is 0 Å². The normalized spacial score (nSPS) is 10.7. The van der Waals surface area contributed by atoms with Crippen LogP contribution < -0.4 is 10.6 Å². The highest BCUT2D eigenvalue weighted by Crippen LogP contribution is 2.05. The highest BCUT2D eigenvalue weighted by atomic mass is 14.9. The van der Waals surface area contributed by atoms with Gasteiger partial charge in [-0.1, -0.05) is 66.7 Å². The van der Waals surface area contributed by atoms with E-state index in [1.165, 1.54) is 22.3 Å². The monoisotopic (exact) mass is 317 g/mol. The fraction of sp³-hybridized carbons (Fsp3) is 0.190. The summed E-state index contributed by atoms with van der Waals surface area (Å²) in [5.74, 6) is 0. The smallest absolute Gasteiger partial charge is 0.0313 e. The van der Waals surface area contributed by atoms with Crippen molar-refractivity contribution < 1.29 is 0 Å². The minimum atomic E-state index is 0.828. The Hall–Kier alpha value is -2.49. The highest BCUT2D eigenvalue weighted by Gasteiger charge is 1.99. The molecule has 1 aromatic heterocycles. The zero-order valence-electron chi connectivity index (χ0n) is 13.8. The maximum atomic E-state index is 4.36. The summed E-state index contributed by atoms with van der Waals surface area (Å²) in [5.41, 5.74) is 5.02. The molecule has 0 atom stereocenters. The van der Waals surface area contributed by atoms with E-state index < -0.39 is 0 Å². The van der Waals surface area contributed by atoms with Crippen LogP contribution in [0, 0.1) is 0 Å². The zero-order valence-corrected chi connectivity index (χ0v) is 13.8. The van der Waals surface area contributed by atoms with Crippen molar-refractivity contribution in [3.63, 3.8) is 0 Å². The number of nitrogens with zero attached hydrogens (tertiary/aromatic N) is 1. The van der Waals surface area contributed by atoms with Gasteiger partial charge in [0.05, 0.1) is 0 Å². The predicted molar refractivity (Wildman–Crippen MR) is 98.2 cm³/mol. The minimum absolute atomic E-state index is 0.828. The molecular formula is C21H23N3. The molecule has 1 heterocycles. The summed E-state index contributed by atoms with van der Waals surface area (Å²) in [5, 5.41) is 6.93. The van der Waals surface area contributed by atoms with Crippen LogP contribution in [0.15, 0.2) is 79.1 Å². The van der Waals surface area contributed by atoms with Gasteiger partial charge in [0.2, 0.25) is 0 Å². The molecule has 0 saturated carbocycles. The van der Waals surface area contributed by atoms with E-state index in [1.54, 1.807) is 0 Å². The summed E-state index contributed by atoms with van der Waals surface area (Å²) in [6.07, 6.45) is 3.86. The standard InChI is InChI=1S/C21H23N3/c1-3-7-18(8-4-1)12-22-14-20-11-21(17-24-16-20)15-23-13-19-9-5-2-6-10-19/h1-11,16-17,22-23H,12-15H2. The van der Waals surface area contributed by atoms with E-state index in [2.05, 4.69) is 70.2 Å². The first-order valence-corrected chi connectivity index (χ1v) is 8.32. The van der Waals surface area contributed by atoms with Crippen LogP contribution in [0.4, 0.5) is 0 Å². The van der Waals surface area contributed by atoms with Crippen molar-refractivity contribution in [2.45, 2.75) is 26.2 Å². The number of hydrogen-bond acceptors (Lipinski definition) is 3. The van der Waals surface area contributed by atoms with E-state index >= 15 is 0 Å². The Morgan fingerprint density at radius 3 is 1.42 bits per heavy atom. The van der Waals surface area contributed by atoms with Gasteiger partial charge in [-0.25, -0.2) is 0 Å². The lowest BCUT2D eigenvalue weighted by molar-refractivity contribution is 0.677. The number of benzene rings is 2. The van der Waals surface area contributed by atoms with Crippen LogP contribution in [0.2, 0.25) is 0 Å². The summed E-state index contributed by atoms with van der Waals surface area (Å²) >= 11 is 0. The van der Waals surface area contributed by atoms with Crippen molar-refractivity contribution in [1.29, 1.82) is 0 Å². The Kier molecular flexibility index (Phi) is 6.12. The maximum Gasteiger partial charge on any atom is 0.0313 e. The second kappa shape index (κ2) is 8.96. The average Bonchev–Trinajstić information content (AvgIpc) is 2.64. The van der Waals surface area contributed by atoms with Crippen molar-refractivity contribution >= 4 is 0 Å². The Morgan fingerprint density at radius 1 is 0.542 bits per heavy atom. The van der Waals surface area contributed by atoms with Gasteiger partial charge < -0.3 is 10.6 Å². The quantitative estimate of drug-likeness (QED) is 0.666. The van der Waals surface area contributed by atoms with Gasteiger partial charge in [-0.2, -0.15) is 0 Å². The molecule has 3 nitrogen and oxygen atoms in total. The Morgan fingerprint density at radius 2 is 0.958 bits per heavy atom. The first kappa shape index (κ1) is 16.4. The second-order valence-electron chi connectivity index (χ2n) is 5.88. The van der Waals surface area contributed by atoms with Gasteiger partial charge in [-0.05, 0) is 22.3 Å². The van der Waals surface area contributed by atoms with Crippen LogP contribution in [0.3, 0.4) is 0 Å².